The Hall–Kier alpha value is -2.82. The van der Waals surface area contributed by atoms with Crippen molar-refractivity contribution in [2.45, 2.75) is 13.8 Å². The molecular weight excluding hydrogens is 268 g/mol. The summed E-state index contributed by atoms with van der Waals surface area (Å²) in [6, 6.07) is 11.8. The van der Waals surface area contributed by atoms with E-state index < -0.39 is 5.91 Å². The van der Waals surface area contributed by atoms with E-state index >= 15 is 0 Å². The molecule has 2 aromatic rings. The number of carbonyl (C=O) groups is 1. The van der Waals surface area contributed by atoms with Crippen LogP contribution in [0.5, 0.6) is 5.75 Å². The number of carbonyl (C=O) groups excluding carboxylic acids is 1. The van der Waals surface area contributed by atoms with Crippen LogP contribution in [0, 0.1) is 6.92 Å². The van der Waals surface area contributed by atoms with Gasteiger partial charge in [-0.2, -0.15) is 0 Å². The van der Waals surface area contributed by atoms with E-state index in [1.165, 1.54) is 6.07 Å². The molecule has 21 heavy (non-hydrogen) atoms. The topological polar surface area (TPSA) is 81.9 Å². The molecule has 1 amide bonds. The smallest absolute Gasteiger partial charge is 0.259 e. The van der Waals surface area contributed by atoms with Crippen molar-refractivity contribution in [3.63, 3.8) is 0 Å². The molecule has 0 fully saturated rings. The summed E-state index contributed by atoms with van der Waals surface area (Å²) in [6.07, 6.45) is 0. The Bertz CT molecular complexity index is 708. The van der Waals surface area contributed by atoms with Crippen LogP contribution in [0.2, 0.25) is 0 Å². The minimum atomic E-state index is -0.425. The highest BCUT2D eigenvalue weighted by Crippen LogP contribution is 2.22. The number of hydrogen-bond donors (Lipinski definition) is 3. The first-order valence-electron chi connectivity index (χ1n) is 6.42. The van der Waals surface area contributed by atoms with E-state index in [9.17, 15) is 9.90 Å². The van der Waals surface area contributed by atoms with Crippen molar-refractivity contribution < 1.29 is 15.1 Å². The molecule has 0 saturated carbocycles. The van der Waals surface area contributed by atoms with Gasteiger partial charge in [0.2, 0.25) is 0 Å². The summed E-state index contributed by atoms with van der Waals surface area (Å²) in [4.78, 5) is 12.2. The molecule has 3 N–H and O–H groups in total. The number of para-hydroxylation sites is 1. The van der Waals surface area contributed by atoms with Crippen LogP contribution in [0.3, 0.4) is 0 Å². The van der Waals surface area contributed by atoms with Crippen LogP contribution in [0.4, 0.5) is 5.69 Å². The first kappa shape index (κ1) is 14.6. The number of hydrogen-bond acceptors (Lipinski definition) is 4. The summed E-state index contributed by atoms with van der Waals surface area (Å²) in [5.41, 5.74) is 2.57. The van der Waals surface area contributed by atoms with Crippen molar-refractivity contribution in [1.82, 2.24) is 0 Å². The second kappa shape index (κ2) is 6.09. The maximum atomic E-state index is 12.2. The number of amides is 1. The van der Waals surface area contributed by atoms with E-state index in [-0.39, 0.29) is 11.3 Å². The lowest BCUT2D eigenvalue weighted by molar-refractivity contribution is 0.102. The number of oxime groups is 1. The van der Waals surface area contributed by atoms with Crippen molar-refractivity contribution in [1.29, 1.82) is 0 Å². The van der Waals surface area contributed by atoms with Gasteiger partial charge in [0, 0.05) is 5.56 Å². The van der Waals surface area contributed by atoms with Gasteiger partial charge in [-0.05, 0) is 37.6 Å². The fourth-order valence-electron chi connectivity index (χ4n) is 1.98. The van der Waals surface area contributed by atoms with Gasteiger partial charge in [-0.25, -0.2) is 0 Å². The summed E-state index contributed by atoms with van der Waals surface area (Å²) in [5.74, 6) is -0.497. The average Bonchev–Trinajstić information content (AvgIpc) is 2.46. The van der Waals surface area contributed by atoms with Gasteiger partial charge in [0.1, 0.15) is 5.75 Å². The molecule has 0 atom stereocenters. The van der Waals surface area contributed by atoms with E-state index in [0.29, 0.717) is 17.0 Å². The molecule has 0 unspecified atom stereocenters. The van der Waals surface area contributed by atoms with Gasteiger partial charge < -0.3 is 15.6 Å². The van der Waals surface area contributed by atoms with E-state index in [4.69, 9.17) is 5.21 Å². The van der Waals surface area contributed by atoms with Crippen LogP contribution in [-0.4, -0.2) is 21.9 Å². The lowest BCUT2D eigenvalue weighted by Gasteiger charge is -2.11. The molecule has 0 saturated heterocycles. The minimum Gasteiger partial charge on any atom is -0.507 e. The molecule has 0 heterocycles. The number of nitrogens with one attached hydrogen (secondary N) is 1. The van der Waals surface area contributed by atoms with Crippen molar-refractivity contribution in [2.24, 2.45) is 5.16 Å². The molecule has 0 aliphatic rings. The number of benzene rings is 2. The monoisotopic (exact) mass is 284 g/mol. The maximum Gasteiger partial charge on any atom is 0.259 e. The fraction of sp³-hybridized carbons (Fsp3) is 0.125. The molecule has 2 rings (SSSR count). The molecule has 0 bridgehead atoms. The summed E-state index contributed by atoms with van der Waals surface area (Å²) < 4.78 is 0. The summed E-state index contributed by atoms with van der Waals surface area (Å²) in [7, 11) is 0. The standard InChI is InChI=1S/C16H16N2O3/c1-10-7-8-13(15(19)9-10)16(20)17-14-6-4-3-5-12(14)11(2)18-21/h3-9,19,21H,1-2H3,(H,17,20)/b18-11+. The second-order valence-electron chi connectivity index (χ2n) is 4.71. The molecular formula is C16H16N2O3. The molecule has 5 heteroatoms. The fourth-order valence-corrected chi connectivity index (χ4v) is 1.98. The highest BCUT2D eigenvalue weighted by molar-refractivity contribution is 6.11. The zero-order valence-electron chi connectivity index (χ0n) is 11.8. The Balaban J connectivity index is 2.32. The number of phenolic OH excluding ortho intramolecular Hbond substituents is 1. The third-order valence-corrected chi connectivity index (χ3v) is 3.11. The largest absolute Gasteiger partial charge is 0.507 e. The van der Waals surface area contributed by atoms with Gasteiger partial charge in [-0.15, -0.1) is 0 Å². The predicted molar refractivity (Wildman–Crippen MR) is 81.2 cm³/mol. The minimum absolute atomic E-state index is 0.0717. The Morgan fingerprint density at radius 3 is 2.52 bits per heavy atom. The van der Waals surface area contributed by atoms with Crippen LogP contribution in [-0.2, 0) is 0 Å². The zero-order chi connectivity index (χ0) is 15.4. The van der Waals surface area contributed by atoms with Crippen molar-refractivity contribution >= 4 is 17.3 Å². The van der Waals surface area contributed by atoms with Crippen LogP contribution in [0.1, 0.15) is 28.4 Å². The van der Waals surface area contributed by atoms with E-state index in [2.05, 4.69) is 10.5 Å². The molecule has 2 aromatic carbocycles. The van der Waals surface area contributed by atoms with Gasteiger partial charge in [-0.3, -0.25) is 4.79 Å². The highest BCUT2D eigenvalue weighted by atomic mass is 16.4. The van der Waals surface area contributed by atoms with E-state index in [1.54, 1.807) is 43.3 Å². The van der Waals surface area contributed by atoms with Crippen LogP contribution < -0.4 is 5.32 Å². The molecule has 0 aliphatic carbocycles. The van der Waals surface area contributed by atoms with Crippen LogP contribution in [0.25, 0.3) is 0 Å². The molecule has 108 valence electrons. The third-order valence-electron chi connectivity index (χ3n) is 3.11. The quantitative estimate of drug-likeness (QED) is 0.460. The molecule has 5 nitrogen and oxygen atoms in total. The van der Waals surface area contributed by atoms with Crippen molar-refractivity contribution in [3.8, 4) is 5.75 Å². The number of aromatic hydroxyl groups is 1. The Morgan fingerprint density at radius 2 is 1.86 bits per heavy atom. The average molecular weight is 284 g/mol. The first-order valence-corrected chi connectivity index (χ1v) is 6.42. The lowest BCUT2D eigenvalue weighted by Crippen LogP contribution is -2.14. The van der Waals surface area contributed by atoms with Gasteiger partial charge >= 0.3 is 0 Å². The first-order chi connectivity index (χ1) is 10.0. The van der Waals surface area contributed by atoms with E-state index in [0.717, 1.165) is 5.56 Å². The zero-order valence-corrected chi connectivity index (χ0v) is 11.8. The number of anilines is 1. The Morgan fingerprint density at radius 1 is 1.14 bits per heavy atom. The molecule has 0 aromatic heterocycles. The molecule has 0 radical (unpaired) electrons. The van der Waals surface area contributed by atoms with Gasteiger partial charge in [0.25, 0.3) is 5.91 Å². The normalized spacial score (nSPS) is 11.2. The summed E-state index contributed by atoms with van der Waals surface area (Å²) in [6.45, 7) is 3.46. The van der Waals surface area contributed by atoms with E-state index in [1.807, 2.05) is 6.92 Å². The number of aryl methyl sites for hydroxylation is 1. The maximum absolute atomic E-state index is 12.2. The Kier molecular flexibility index (Phi) is 4.23. The number of nitrogens with zero attached hydrogens (tertiary/aromatic N) is 1. The van der Waals surface area contributed by atoms with Crippen molar-refractivity contribution in [2.75, 3.05) is 5.32 Å². The second-order valence-corrected chi connectivity index (χ2v) is 4.71. The summed E-state index contributed by atoms with van der Waals surface area (Å²) >= 11 is 0. The molecule has 0 spiro atoms. The SMILES string of the molecule is C/C(=N\O)c1ccccc1NC(=O)c1ccc(C)cc1O. The predicted octanol–water partition coefficient (Wildman–Crippen LogP) is 3.15. The van der Waals surface area contributed by atoms with Gasteiger partial charge in [-0.1, -0.05) is 29.4 Å². The number of rotatable bonds is 3. The van der Waals surface area contributed by atoms with Crippen LogP contribution in [0.15, 0.2) is 47.6 Å². The third kappa shape index (κ3) is 3.20. The van der Waals surface area contributed by atoms with Gasteiger partial charge in [0.15, 0.2) is 0 Å². The lowest BCUT2D eigenvalue weighted by atomic mass is 10.1. The van der Waals surface area contributed by atoms with Gasteiger partial charge in [0.05, 0.1) is 17.0 Å². The highest BCUT2D eigenvalue weighted by Gasteiger charge is 2.14. The van der Waals surface area contributed by atoms with Crippen LogP contribution >= 0.6 is 0 Å². The summed E-state index contributed by atoms with van der Waals surface area (Å²) in [5, 5.41) is 24.6. The van der Waals surface area contributed by atoms with Crippen molar-refractivity contribution in [3.05, 3.63) is 59.2 Å². The Labute approximate surface area is 122 Å². The number of phenols is 1. The molecule has 0 aliphatic heterocycles.